The summed E-state index contributed by atoms with van der Waals surface area (Å²) in [5.74, 6) is 1.34. The fourth-order valence-corrected chi connectivity index (χ4v) is 2.68. The molecule has 0 spiro atoms. The van der Waals surface area contributed by atoms with E-state index in [4.69, 9.17) is 4.98 Å². The predicted molar refractivity (Wildman–Crippen MR) is 99.0 cm³/mol. The second-order valence-corrected chi connectivity index (χ2v) is 5.65. The van der Waals surface area contributed by atoms with Crippen LogP contribution in [0.5, 0.6) is 0 Å². The van der Waals surface area contributed by atoms with E-state index in [-0.39, 0.29) is 5.56 Å². The third-order valence-corrected chi connectivity index (χ3v) is 3.68. The summed E-state index contributed by atoms with van der Waals surface area (Å²) in [5.41, 5.74) is 4.14. The third kappa shape index (κ3) is 3.90. The van der Waals surface area contributed by atoms with E-state index in [0.29, 0.717) is 12.5 Å². The highest BCUT2D eigenvalue weighted by molar-refractivity contribution is 5.64. The molecule has 0 N–H and O–H groups in total. The van der Waals surface area contributed by atoms with E-state index >= 15 is 0 Å². The molecule has 23 heavy (non-hydrogen) atoms. The van der Waals surface area contributed by atoms with Gasteiger partial charge in [0.2, 0.25) is 0 Å². The fraction of sp³-hybridized carbons (Fsp3) is 0.500. The highest BCUT2D eigenvalue weighted by Crippen LogP contribution is 2.29. The summed E-state index contributed by atoms with van der Waals surface area (Å²) in [4.78, 5) is 17.2. The smallest absolute Gasteiger partial charge is 0.257 e. The zero-order valence-electron chi connectivity index (χ0n) is 15.6. The first-order valence-electron chi connectivity index (χ1n) is 8.76. The van der Waals surface area contributed by atoms with Crippen molar-refractivity contribution >= 4 is 0 Å². The molecule has 2 aromatic rings. The molecular weight excluding hydrogens is 284 g/mol. The molecule has 0 aliphatic carbocycles. The van der Waals surface area contributed by atoms with E-state index < -0.39 is 0 Å². The van der Waals surface area contributed by atoms with Crippen molar-refractivity contribution in [2.45, 2.75) is 61.4 Å². The molecule has 0 amide bonds. The maximum atomic E-state index is 12.5. The molecule has 3 nitrogen and oxygen atoms in total. The van der Waals surface area contributed by atoms with Crippen molar-refractivity contribution in [1.29, 1.82) is 0 Å². The summed E-state index contributed by atoms with van der Waals surface area (Å²) in [5, 5.41) is 0. The van der Waals surface area contributed by atoms with E-state index in [2.05, 4.69) is 26.0 Å². The Hall–Kier alpha value is -1.90. The molecule has 126 valence electrons. The lowest BCUT2D eigenvalue weighted by Crippen LogP contribution is -2.25. The number of nitrogens with zero attached hydrogens (tertiary/aromatic N) is 2. The maximum Gasteiger partial charge on any atom is 0.257 e. The van der Waals surface area contributed by atoms with Crippen LogP contribution in [0.2, 0.25) is 0 Å². The summed E-state index contributed by atoms with van der Waals surface area (Å²) in [6.45, 7) is 14.9. The molecule has 0 bridgehead atoms. The molecule has 0 radical (unpaired) electrons. The summed E-state index contributed by atoms with van der Waals surface area (Å²) >= 11 is 0. The van der Waals surface area contributed by atoms with E-state index in [0.717, 1.165) is 29.1 Å². The van der Waals surface area contributed by atoms with Gasteiger partial charge in [-0.3, -0.25) is 9.36 Å². The second kappa shape index (κ2) is 8.66. The van der Waals surface area contributed by atoms with Crippen LogP contribution >= 0.6 is 0 Å². The van der Waals surface area contributed by atoms with Crippen molar-refractivity contribution in [3.63, 3.8) is 0 Å². The Kier molecular flexibility index (Phi) is 7.21. The Morgan fingerprint density at radius 3 is 2.35 bits per heavy atom. The Bertz CT molecular complexity index is 699. The lowest BCUT2D eigenvalue weighted by molar-refractivity contribution is 0.624. The second-order valence-electron chi connectivity index (χ2n) is 5.65. The first-order chi connectivity index (χ1) is 11.1. The molecule has 3 rings (SSSR count). The summed E-state index contributed by atoms with van der Waals surface area (Å²) in [7, 11) is 0. The van der Waals surface area contributed by atoms with Gasteiger partial charge < -0.3 is 0 Å². The van der Waals surface area contributed by atoms with Gasteiger partial charge in [0.1, 0.15) is 5.82 Å². The van der Waals surface area contributed by atoms with Crippen molar-refractivity contribution < 1.29 is 0 Å². The van der Waals surface area contributed by atoms with E-state index in [1.807, 2.05) is 46.8 Å². The molecule has 0 unspecified atom stereocenters. The van der Waals surface area contributed by atoms with Gasteiger partial charge in [0.05, 0.1) is 12.2 Å². The van der Waals surface area contributed by atoms with Crippen LogP contribution in [0, 0.1) is 12.8 Å². The zero-order valence-corrected chi connectivity index (χ0v) is 15.6. The number of hydrogen-bond acceptors (Lipinski definition) is 2. The van der Waals surface area contributed by atoms with Crippen LogP contribution in [-0.2, 0) is 13.0 Å². The number of hydrogen-bond donors (Lipinski definition) is 0. The summed E-state index contributed by atoms with van der Waals surface area (Å²) < 4.78 is 1.80. The molecular formula is C20H30N2O. The lowest BCUT2D eigenvalue weighted by atomic mass is 10.0. The first kappa shape index (κ1) is 19.1. The molecule has 0 saturated carbocycles. The molecule has 1 aliphatic heterocycles. The van der Waals surface area contributed by atoms with Crippen LogP contribution in [-0.4, -0.2) is 9.55 Å². The standard InChI is InChI=1S/C16H18N2O.2C2H6/c1-10(2)8-14-11(3)16(19)18-9-12-6-4-5-7-13(12)15(18)17-14;2*1-2/h4-7,10H,8-9H2,1-3H3;2*1-2H3. The Labute approximate surface area is 140 Å². The monoisotopic (exact) mass is 314 g/mol. The van der Waals surface area contributed by atoms with E-state index in [1.54, 1.807) is 4.57 Å². The number of aromatic nitrogens is 2. The van der Waals surface area contributed by atoms with Crippen LogP contribution in [0.25, 0.3) is 11.4 Å². The molecule has 3 heteroatoms. The summed E-state index contributed by atoms with van der Waals surface area (Å²) in [6, 6.07) is 8.14. The van der Waals surface area contributed by atoms with Crippen molar-refractivity contribution in [1.82, 2.24) is 9.55 Å². The minimum absolute atomic E-state index is 0.108. The average molecular weight is 314 g/mol. The minimum atomic E-state index is 0.108. The number of benzene rings is 1. The maximum absolute atomic E-state index is 12.5. The first-order valence-corrected chi connectivity index (χ1v) is 8.76. The predicted octanol–water partition coefficient (Wildman–Crippen LogP) is 4.83. The van der Waals surface area contributed by atoms with Crippen LogP contribution in [0.4, 0.5) is 0 Å². The van der Waals surface area contributed by atoms with Gasteiger partial charge in [0.25, 0.3) is 5.56 Å². The van der Waals surface area contributed by atoms with Crippen LogP contribution < -0.4 is 5.56 Å². The number of fused-ring (bicyclic) bond motifs is 3. The topological polar surface area (TPSA) is 34.9 Å². The molecule has 0 saturated heterocycles. The molecule has 1 aromatic heterocycles. The highest BCUT2D eigenvalue weighted by Gasteiger charge is 2.23. The van der Waals surface area contributed by atoms with Gasteiger partial charge in [0, 0.05) is 11.1 Å². The van der Waals surface area contributed by atoms with Gasteiger partial charge in [-0.1, -0.05) is 65.8 Å². The normalized spacial score (nSPS) is 11.0. The van der Waals surface area contributed by atoms with Gasteiger partial charge in [-0.2, -0.15) is 0 Å². The van der Waals surface area contributed by atoms with Gasteiger partial charge in [-0.15, -0.1) is 0 Å². The molecule has 1 aliphatic rings. The molecule has 0 atom stereocenters. The van der Waals surface area contributed by atoms with Crippen molar-refractivity contribution in [3.8, 4) is 11.4 Å². The largest absolute Gasteiger partial charge is 0.288 e. The Morgan fingerprint density at radius 2 is 1.74 bits per heavy atom. The fourth-order valence-electron chi connectivity index (χ4n) is 2.68. The van der Waals surface area contributed by atoms with Crippen LogP contribution in [0.3, 0.4) is 0 Å². The van der Waals surface area contributed by atoms with Gasteiger partial charge >= 0.3 is 0 Å². The molecule has 2 heterocycles. The van der Waals surface area contributed by atoms with Gasteiger partial charge in [0.15, 0.2) is 0 Å². The molecule has 1 aromatic carbocycles. The van der Waals surface area contributed by atoms with Crippen LogP contribution in [0.15, 0.2) is 29.1 Å². The quantitative estimate of drug-likeness (QED) is 0.679. The summed E-state index contributed by atoms with van der Waals surface area (Å²) in [6.07, 6.45) is 0.858. The van der Waals surface area contributed by atoms with Crippen molar-refractivity contribution in [3.05, 3.63) is 51.4 Å². The zero-order chi connectivity index (χ0) is 17.6. The minimum Gasteiger partial charge on any atom is -0.288 e. The SMILES string of the molecule is CC.CC.Cc1c(CC(C)C)nc2n(c1=O)Cc1ccccc1-2. The van der Waals surface area contributed by atoms with Crippen molar-refractivity contribution in [2.24, 2.45) is 5.92 Å². The lowest BCUT2D eigenvalue weighted by Gasteiger charge is -2.11. The Balaban J connectivity index is 0.000000615. The van der Waals surface area contributed by atoms with Crippen LogP contribution in [0.1, 0.15) is 58.4 Å². The molecule has 0 fully saturated rings. The van der Waals surface area contributed by atoms with Gasteiger partial charge in [-0.25, -0.2) is 4.98 Å². The van der Waals surface area contributed by atoms with E-state index in [1.165, 1.54) is 5.56 Å². The average Bonchev–Trinajstić information content (AvgIpc) is 2.95. The van der Waals surface area contributed by atoms with Crippen molar-refractivity contribution in [2.75, 3.05) is 0 Å². The number of rotatable bonds is 2. The third-order valence-electron chi connectivity index (χ3n) is 3.68. The highest BCUT2D eigenvalue weighted by atomic mass is 16.1. The van der Waals surface area contributed by atoms with Gasteiger partial charge in [-0.05, 0) is 24.8 Å². The Morgan fingerprint density at radius 1 is 1.13 bits per heavy atom. The van der Waals surface area contributed by atoms with E-state index in [9.17, 15) is 4.79 Å².